The summed E-state index contributed by atoms with van der Waals surface area (Å²) in [5.41, 5.74) is 2.44. The Morgan fingerprint density at radius 2 is 1.88 bits per heavy atom. The van der Waals surface area contributed by atoms with Crippen molar-refractivity contribution in [3.8, 4) is 5.69 Å². The van der Waals surface area contributed by atoms with Crippen LogP contribution in [0.1, 0.15) is 25.8 Å². The first-order valence-corrected chi connectivity index (χ1v) is 8.36. The Hall–Kier alpha value is -3.00. The molecule has 7 nitrogen and oxygen atoms in total. The number of nitrogens with one attached hydrogen (secondary N) is 1. The first kappa shape index (κ1) is 16.8. The zero-order chi connectivity index (χ0) is 18.1. The number of hydrogen-bond donors (Lipinski definition) is 1. The molecule has 0 saturated heterocycles. The van der Waals surface area contributed by atoms with Crippen molar-refractivity contribution in [2.75, 3.05) is 5.32 Å². The second-order valence-corrected chi connectivity index (χ2v) is 6.92. The smallest absolute Gasteiger partial charge is 0.269 e. The average Bonchev–Trinajstić information content (AvgIpc) is 3.10. The molecule has 2 heterocycles. The summed E-state index contributed by atoms with van der Waals surface area (Å²) in [6.45, 7) is 5.76. The highest BCUT2D eigenvalue weighted by molar-refractivity contribution is 7.14. The van der Waals surface area contributed by atoms with E-state index in [1.807, 2.05) is 26.8 Å². The normalized spacial score (nSPS) is 10.7. The van der Waals surface area contributed by atoms with Crippen molar-refractivity contribution in [1.82, 2.24) is 9.78 Å². The van der Waals surface area contributed by atoms with Crippen LogP contribution < -0.4 is 5.32 Å². The van der Waals surface area contributed by atoms with Crippen LogP contribution in [0.25, 0.3) is 5.69 Å². The molecule has 8 heteroatoms. The van der Waals surface area contributed by atoms with Gasteiger partial charge in [-0.15, -0.1) is 11.3 Å². The molecule has 0 aliphatic heterocycles. The number of nitro benzene ring substituents is 1. The van der Waals surface area contributed by atoms with Crippen molar-refractivity contribution in [3.05, 3.63) is 67.5 Å². The molecule has 3 rings (SSSR count). The van der Waals surface area contributed by atoms with E-state index in [4.69, 9.17) is 0 Å². The maximum Gasteiger partial charge on any atom is 0.269 e. The van der Waals surface area contributed by atoms with Gasteiger partial charge in [0.25, 0.3) is 11.6 Å². The minimum Gasteiger partial charge on any atom is -0.306 e. The van der Waals surface area contributed by atoms with Gasteiger partial charge in [0.1, 0.15) is 5.82 Å². The predicted octanol–water partition coefficient (Wildman–Crippen LogP) is 4.02. The lowest BCUT2D eigenvalue weighted by atomic mass is 10.3. The molecule has 0 fully saturated rings. The van der Waals surface area contributed by atoms with Crippen molar-refractivity contribution in [2.24, 2.45) is 0 Å². The highest BCUT2D eigenvalue weighted by Crippen LogP contribution is 2.24. The Morgan fingerprint density at radius 1 is 1.20 bits per heavy atom. The molecule has 25 heavy (non-hydrogen) atoms. The lowest BCUT2D eigenvalue weighted by Gasteiger charge is -2.08. The molecule has 1 amide bonds. The second-order valence-electron chi connectivity index (χ2n) is 5.66. The number of aryl methyl sites for hydroxylation is 3. The van der Waals surface area contributed by atoms with Gasteiger partial charge in [0.2, 0.25) is 0 Å². The Morgan fingerprint density at radius 3 is 2.44 bits per heavy atom. The van der Waals surface area contributed by atoms with E-state index in [0.29, 0.717) is 16.4 Å². The molecular formula is C17H16N4O3S. The third-order valence-electron chi connectivity index (χ3n) is 3.77. The summed E-state index contributed by atoms with van der Waals surface area (Å²) < 4.78 is 1.56. The molecule has 3 aromatic rings. The Kier molecular flexibility index (Phi) is 4.37. The summed E-state index contributed by atoms with van der Waals surface area (Å²) in [5, 5.41) is 18.0. The van der Waals surface area contributed by atoms with Gasteiger partial charge in [-0.3, -0.25) is 14.9 Å². The number of carbonyl (C=O) groups is 1. The van der Waals surface area contributed by atoms with Crippen LogP contribution in [0.15, 0.2) is 36.4 Å². The van der Waals surface area contributed by atoms with E-state index >= 15 is 0 Å². The van der Waals surface area contributed by atoms with E-state index in [0.717, 1.165) is 16.1 Å². The van der Waals surface area contributed by atoms with Gasteiger partial charge in [-0.25, -0.2) is 4.68 Å². The van der Waals surface area contributed by atoms with E-state index in [9.17, 15) is 14.9 Å². The van der Waals surface area contributed by atoms with Crippen LogP contribution in [0, 0.1) is 30.9 Å². The number of nitrogens with zero attached hydrogens (tertiary/aromatic N) is 3. The Balaban J connectivity index is 1.90. The van der Waals surface area contributed by atoms with Crippen molar-refractivity contribution in [1.29, 1.82) is 0 Å². The Bertz CT molecular complexity index is 937. The standard InChI is InChI=1S/C17H16N4O3S/c1-10-8-15(25-12(10)3)17(22)18-16-9-11(2)19-20(16)13-4-6-14(7-5-13)21(23)24/h4-9H,1-3H3,(H,18,22). The van der Waals surface area contributed by atoms with Crippen LogP contribution in [-0.4, -0.2) is 20.6 Å². The number of rotatable bonds is 4. The fourth-order valence-corrected chi connectivity index (χ4v) is 3.29. The number of hydrogen-bond acceptors (Lipinski definition) is 5. The molecule has 0 saturated carbocycles. The largest absolute Gasteiger partial charge is 0.306 e. The molecule has 0 bridgehead atoms. The number of non-ortho nitro benzene ring substituents is 1. The highest BCUT2D eigenvalue weighted by atomic mass is 32.1. The second kappa shape index (κ2) is 6.48. The minimum atomic E-state index is -0.456. The zero-order valence-electron chi connectivity index (χ0n) is 13.9. The number of benzene rings is 1. The number of anilines is 1. The van der Waals surface area contributed by atoms with E-state index in [-0.39, 0.29) is 11.6 Å². The summed E-state index contributed by atoms with van der Waals surface area (Å²) in [6, 6.07) is 9.62. The SMILES string of the molecule is Cc1cc(NC(=O)c2cc(C)c(C)s2)n(-c2ccc([N+](=O)[O-])cc2)n1. The summed E-state index contributed by atoms with van der Waals surface area (Å²) in [5.74, 6) is 0.310. The molecule has 0 spiro atoms. The van der Waals surface area contributed by atoms with Gasteiger partial charge in [0.15, 0.2) is 0 Å². The van der Waals surface area contributed by atoms with Crippen molar-refractivity contribution < 1.29 is 9.72 Å². The zero-order valence-corrected chi connectivity index (χ0v) is 14.8. The highest BCUT2D eigenvalue weighted by Gasteiger charge is 2.15. The van der Waals surface area contributed by atoms with Crippen LogP contribution in [0.4, 0.5) is 11.5 Å². The van der Waals surface area contributed by atoms with Crippen LogP contribution in [0.5, 0.6) is 0 Å². The van der Waals surface area contributed by atoms with Gasteiger partial charge in [0.05, 0.1) is 21.2 Å². The van der Waals surface area contributed by atoms with Gasteiger partial charge in [-0.2, -0.15) is 5.10 Å². The van der Waals surface area contributed by atoms with Crippen LogP contribution in [0.2, 0.25) is 0 Å². The van der Waals surface area contributed by atoms with Crippen LogP contribution >= 0.6 is 11.3 Å². The van der Waals surface area contributed by atoms with Crippen molar-refractivity contribution >= 4 is 28.7 Å². The quantitative estimate of drug-likeness (QED) is 0.565. The van der Waals surface area contributed by atoms with Gasteiger partial charge in [0, 0.05) is 23.1 Å². The fraction of sp³-hybridized carbons (Fsp3) is 0.176. The molecule has 2 aromatic heterocycles. The minimum absolute atomic E-state index is 0.00255. The molecule has 0 aliphatic rings. The number of thiophene rings is 1. The number of amides is 1. The number of carbonyl (C=O) groups excluding carboxylic acids is 1. The number of nitro groups is 1. The van der Waals surface area contributed by atoms with Gasteiger partial charge in [-0.1, -0.05) is 0 Å². The van der Waals surface area contributed by atoms with Gasteiger partial charge in [-0.05, 0) is 44.5 Å². The number of aromatic nitrogens is 2. The third kappa shape index (κ3) is 3.43. The summed E-state index contributed by atoms with van der Waals surface area (Å²) in [4.78, 5) is 24.5. The molecule has 128 valence electrons. The first-order valence-electron chi connectivity index (χ1n) is 7.55. The lowest BCUT2D eigenvalue weighted by molar-refractivity contribution is -0.384. The molecule has 1 aromatic carbocycles. The summed E-state index contributed by atoms with van der Waals surface area (Å²) >= 11 is 1.44. The van der Waals surface area contributed by atoms with E-state index in [1.54, 1.807) is 22.9 Å². The third-order valence-corrected chi connectivity index (χ3v) is 4.92. The molecular weight excluding hydrogens is 340 g/mol. The average molecular weight is 356 g/mol. The van der Waals surface area contributed by atoms with E-state index < -0.39 is 4.92 Å². The monoisotopic (exact) mass is 356 g/mol. The van der Waals surface area contributed by atoms with Crippen LogP contribution in [-0.2, 0) is 0 Å². The molecule has 0 aliphatic carbocycles. The summed E-state index contributed by atoms with van der Waals surface area (Å²) in [7, 11) is 0. The topological polar surface area (TPSA) is 90.1 Å². The maximum atomic E-state index is 12.5. The molecule has 0 atom stereocenters. The molecule has 0 unspecified atom stereocenters. The van der Waals surface area contributed by atoms with Gasteiger partial charge < -0.3 is 5.32 Å². The van der Waals surface area contributed by atoms with Crippen LogP contribution in [0.3, 0.4) is 0 Å². The fourth-order valence-electron chi connectivity index (χ4n) is 2.36. The van der Waals surface area contributed by atoms with E-state index in [1.165, 1.54) is 23.5 Å². The van der Waals surface area contributed by atoms with Crippen molar-refractivity contribution in [3.63, 3.8) is 0 Å². The van der Waals surface area contributed by atoms with E-state index in [2.05, 4.69) is 10.4 Å². The van der Waals surface area contributed by atoms with Crippen molar-refractivity contribution in [2.45, 2.75) is 20.8 Å². The molecule has 1 N–H and O–H groups in total. The first-order chi connectivity index (χ1) is 11.8. The molecule has 0 radical (unpaired) electrons. The van der Waals surface area contributed by atoms with Gasteiger partial charge >= 0.3 is 0 Å². The lowest BCUT2D eigenvalue weighted by Crippen LogP contribution is -2.14. The predicted molar refractivity (Wildman–Crippen MR) is 96.7 cm³/mol. The maximum absolute atomic E-state index is 12.5. The Labute approximate surface area is 148 Å². The summed E-state index contributed by atoms with van der Waals surface area (Å²) in [6.07, 6.45) is 0.